The van der Waals surface area contributed by atoms with Crippen LogP contribution in [0.2, 0.25) is 0 Å². The standard InChI is InChI=1S/C28H21N3O2S2/c32-26(31-22-14-6-8-16-24(22)35-25-17-9-7-15-23(25)31)18-34-28-29-21-13-5-4-12-20(21)27(33)30(28)19-10-2-1-3-11-19/h1-17,22,24H,18H2/t22-,24+/m1/s1. The Morgan fingerprint density at radius 3 is 2.54 bits per heavy atom. The molecule has 1 amide bonds. The fourth-order valence-corrected chi connectivity index (χ4v) is 6.62. The molecule has 0 unspecified atom stereocenters. The Hall–Kier alpha value is -3.55. The summed E-state index contributed by atoms with van der Waals surface area (Å²) in [7, 11) is 0. The van der Waals surface area contributed by atoms with Gasteiger partial charge in [-0.1, -0.05) is 78.5 Å². The van der Waals surface area contributed by atoms with Gasteiger partial charge in [-0.3, -0.25) is 14.2 Å². The van der Waals surface area contributed by atoms with E-state index < -0.39 is 0 Å². The summed E-state index contributed by atoms with van der Waals surface area (Å²) < 4.78 is 1.60. The minimum Gasteiger partial charge on any atom is -0.302 e. The number of rotatable bonds is 4. The average Bonchev–Trinajstić information content (AvgIpc) is 2.91. The van der Waals surface area contributed by atoms with Crippen LogP contribution in [0, 0.1) is 0 Å². The number of amides is 1. The number of para-hydroxylation sites is 3. The summed E-state index contributed by atoms with van der Waals surface area (Å²) in [5, 5.41) is 1.23. The molecule has 7 heteroatoms. The van der Waals surface area contributed by atoms with Crippen molar-refractivity contribution in [3.05, 3.63) is 114 Å². The molecular weight excluding hydrogens is 474 g/mol. The summed E-state index contributed by atoms with van der Waals surface area (Å²) in [6.45, 7) is 0. The number of fused-ring (bicyclic) bond motifs is 3. The van der Waals surface area contributed by atoms with Crippen LogP contribution in [0.1, 0.15) is 0 Å². The summed E-state index contributed by atoms with van der Waals surface area (Å²) in [5.74, 6) is 0.150. The van der Waals surface area contributed by atoms with Crippen molar-refractivity contribution >= 4 is 46.0 Å². The number of carbonyl (C=O) groups is 1. The maximum atomic E-state index is 13.7. The molecule has 35 heavy (non-hydrogen) atoms. The van der Waals surface area contributed by atoms with Gasteiger partial charge in [0.25, 0.3) is 5.56 Å². The lowest BCUT2D eigenvalue weighted by atomic mass is 10.0. The van der Waals surface area contributed by atoms with Gasteiger partial charge in [-0.25, -0.2) is 4.98 Å². The topological polar surface area (TPSA) is 55.2 Å². The summed E-state index contributed by atoms with van der Waals surface area (Å²) >= 11 is 3.08. The molecule has 2 heterocycles. The first-order valence-corrected chi connectivity index (χ1v) is 13.2. The van der Waals surface area contributed by atoms with E-state index in [1.54, 1.807) is 22.4 Å². The van der Waals surface area contributed by atoms with Gasteiger partial charge in [-0.05, 0) is 36.4 Å². The monoisotopic (exact) mass is 495 g/mol. The molecule has 0 N–H and O–H groups in total. The largest absolute Gasteiger partial charge is 0.302 e. The fourth-order valence-electron chi connectivity index (χ4n) is 4.49. The number of thioether (sulfide) groups is 2. The molecule has 0 spiro atoms. The van der Waals surface area contributed by atoms with E-state index >= 15 is 0 Å². The van der Waals surface area contributed by atoms with Crippen LogP contribution >= 0.6 is 23.5 Å². The molecule has 0 saturated carbocycles. The highest BCUT2D eigenvalue weighted by atomic mass is 32.2. The number of allylic oxidation sites excluding steroid dienone is 2. The molecule has 172 valence electrons. The van der Waals surface area contributed by atoms with E-state index in [0.29, 0.717) is 16.1 Å². The van der Waals surface area contributed by atoms with E-state index in [9.17, 15) is 9.59 Å². The van der Waals surface area contributed by atoms with Crippen molar-refractivity contribution in [2.24, 2.45) is 0 Å². The van der Waals surface area contributed by atoms with Gasteiger partial charge in [0.05, 0.1) is 39.3 Å². The third-order valence-corrected chi connectivity index (χ3v) is 8.33. The van der Waals surface area contributed by atoms with Gasteiger partial charge < -0.3 is 4.90 Å². The van der Waals surface area contributed by atoms with Crippen molar-refractivity contribution in [2.75, 3.05) is 10.7 Å². The van der Waals surface area contributed by atoms with Gasteiger partial charge in [0, 0.05) is 4.90 Å². The van der Waals surface area contributed by atoms with Crippen molar-refractivity contribution in [2.45, 2.75) is 21.3 Å². The van der Waals surface area contributed by atoms with Gasteiger partial charge in [0.2, 0.25) is 5.91 Å². The number of aromatic nitrogens is 2. The Kier molecular flexibility index (Phi) is 5.80. The molecular formula is C28H21N3O2S2. The number of hydrogen-bond donors (Lipinski definition) is 0. The summed E-state index contributed by atoms with van der Waals surface area (Å²) in [4.78, 5) is 34.9. The van der Waals surface area contributed by atoms with E-state index in [1.165, 1.54) is 11.8 Å². The number of benzene rings is 3. The zero-order valence-corrected chi connectivity index (χ0v) is 20.3. The number of carbonyl (C=O) groups excluding carboxylic acids is 1. The van der Waals surface area contributed by atoms with Crippen LogP contribution in [-0.2, 0) is 4.79 Å². The Bertz CT molecular complexity index is 1550. The molecule has 0 radical (unpaired) electrons. The first-order chi connectivity index (χ1) is 17.2. The van der Waals surface area contributed by atoms with E-state index in [2.05, 4.69) is 18.2 Å². The summed E-state index contributed by atoms with van der Waals surface area (Å²) in [5.41, 5.74) is 2.14. The molecule has 1 aliphatic heterocycles. The lowest BCUT2D eigenvalue weighted by Gasteiger charge is -2.40. The van der Waals surface area contributed by atoms with Crippen LogP contribution in [0.15, 0.2) is 118 Å². The summed E-state index contributed by atoms with van der Waals surface area (Å²) in [6, 6.07) is 24.8. The molecule has 2 atom stereocenters. The Labute approximate surface area is 211 Å². The molecule has 4 aromatic rings. The Morgan fingerprint density at radius 2 is 1.66 bits per heavy atom. The molecule has 2 aliphatic rings. The molecule has 0 bridgehead atoms. The van der Waals surface area contributed by atoms with Gasteiger partial charge >= 0.3 is 0 Å². The van der Waals surface area contributed by atoms with E-state index in [-0.39, 0.29) is 28.5 Å². The predicted molar refractivity (Wildman–Crippen MR) is 144 cm³/mol. The van der Waals surface area contributed by atoms with Gasteiger partial charge in [0.15, 0.2) is 5.16 Å². The average molecular weight is 496 g/mol. The molecule has 0 fully saturated rings. The highest BCUT2D eigenvalue weighted by Crippen LogP contribution is 2.43. The Morgan fingerprint density at radius 1 is 0.914 bits per heavy atom. The van der Waals surface area contributed by atoms with Crippen LogP contribution in [0.3, 0.4) is 0 Å². The van der Waals surface area contributed by atoms with Crippen molar-refractivity contribution < 1.29 is 4.79 Å². The minimum atomic E-state index is -0.142. The normalized spacial score (nSPS) is 18.3. The maximum Gasteiger partial charge on any atom is 0.266 e. The van der Waals surface area contributed by atoms with Crippen molar-refractivity contribution in [1.29, 1.82) is 0 Å². The zero-order chi connectivity index (χ0) is 23.8. The van der Waals surface area contributed by atoms with E-state index in [1.807, 2.05) is 83.8 Å². The zero-order valence-electron chi connectivity index (χ0n) is 18.7. The molecule has 3 aromatic carbocycles. The predicted octanol–water partition coefficient (Wildman–Crippen LogP) is 5.48. The molecule has 5 nitrogen and oxygen atoms in total. The highest BCUT2D eigenvalue weighted by molar-refractivity contribution is 8.00. The maximum absolute atomic E-state index is 13.7. The van der Waals surface area contributed by atoms with Crippen LogP contribution in [0.5, 0.6) is 0 Å². The quantitative estimate of drug-likeness (QED) is 0.277. The SMILES string of the molecule is O=C(CSc1nc2ccccc2c(=O)n1-c1ccccc1)N1c2ccccc2S[C@H]2C=CC=C[C@H]21. The van der Waals surface area contributed by atoms with Crippen molar-refractivity contribution in [1.82, 2.24) is 9.55 Å². The van der Waals surface area contributed by atoms with E-state index in [4.69, 9.17) is 4.98 Å². The van der Waals surface area contributed by atoms with Crippen LogP contribution in [0.4, 0.5) is 5.69 Å². The first-order valence-electron chi connectivity index (χ1n) is 11.3. The number of hydrogen-bond acceptors (Lipinski definition) is 5. The second kappa shape index (κ2) is 9.24. The number of anilines is 1. The fraction of sp³-hybridized carbons (Fsp3) is 0.107. The second-order valence-electron chi connectivity index (χ2n) is 8.25. The third kappa shape index (κ3) is 4.00. The minimum absolute atomic E-state index is 0.0141. The smallest absolute Gasteiger partial charge is 0.266 e. The van der Waals surface area contributed by atoms with Gasteiger partial charge in [-0.2, -0.15) is 0 Å². The van der Waals surface area contributed by atoms with Crippen LogP contribution in [-0.4, -0.2) is 32.5 Å². The van der Waals surface area contributed by atoms with E-state index in [0.717, 1.165) is 16.3 Å². The molecule has 6 rings (SSSR count). The Balaban J connectivity index is 1.37. The third-order valence-electron chi connectivity index (χ3n) is 6.10. The van der Waals surface area contributed by atoms with Crippen LogP contribution in [0.25, 0.3) is 16.6 Å². The second-order valence-corrected chi connectivity index (χ2v) is 10.4. The first kappa shape index (κ1) is 21.9. The molecule has 1 aliphatic carbocycles. The van der Waals surface area contributed by atoms with Gasteiger partial charge in [0.1, 0.15) is 0 Å². The lowest BCUT2D eigenvalue weighted by Crippen LogP contribution is -2.48. The van der Waals surface area contributed by atoms with Crippen molar-refractivity contribution in [3.63, 3.8) is 0 Å². The van der Waals surface area contributed by atoms with Crippen molar-refractivity contribution in [3.8, 4) is 5.69 Å². The van der Waals surface area contributed by atoms with Gasteiger partial charge in [-0.15, -0.1) is 11.8 Å². The van der Waals surface area contributed by atoms with Crippen LogP contribution < -0.4 is 10.5 Å². The highest BCUT2D eigenvalue weighted by Gasteiger charge is 2.36. The lowest BCUT2D eigenvalue weighted by molar-refractivity contribution is -0.116. The summed E-state index contributed by atoms with van der Waals surface area (Å²) in [6.07, 6.45) is 8.28. The molecule has 0 saturated heterocycles. The molecule has 1 aromatic heterocycles. The number of nitrogens with zero attached hydrogens (tertiary/aromatic N) is 3.